The van der Waals surface area contributed by atoms with Crippen LogP contribution in [0.2, 0.25) is 0 Å². The van der Waals surface area contributed by atoms with Gasteiger partial charge in [-0.25, -0.2) is 4.63 Å². The highest BCUT2D eigenvalue weighted by Gasteiger charge is 2.25. The minimum Gasteiger partial charge on any atom is -0.369 e. The van der Waals surface area contributed by atoms with Crippen LogP contribution in [0.5, 0.6) is 0 Å². The molecular weight excluding hydrogens is 262 g/mol. The van der Waals surface area contributed by atoms with E-state index < -0.39 is 4.92 Å². The number of piperidine rings is 1. The summed E-state index contributed by atoms with van der Waals surface area (Å²) in [7, 11) is 0. The van der Waals surface area contributed by atoms with Crippen LogP contribution in [-0.4, -0.2) is 34.9 Å². The number of non-ortho nitro benzene ring substituents is 1. The van der Waals surface area contributed by atoms with Crippen molar-refractivity contribution in [3.8, 4) is 0 Å². The average molecular weight is 277 g/mol. The van der Waals surface area contributed by atoms with Crippen molar-refractivity contribution < 1.29 is 9.55 Å². The molecule has 0 spiro atoms. The first-order chi connectivity index (χ1) is 9.70. The van der Waals surface area contributed by atoms with Crippen molar-refractivity contribution >= 4 is 22.4 Å². The smallest absolute Gasteiger partial charge is 0.300 e. The van der Waals surface area contributed by atoms with Gasteiger partial charge in [-0.1, -0.05) is 0 Å². The number of fused-ring (bicyclic) bond motifs is 1. The number of rotatable bonds is 3. The normalized spacial score (nSPS) is 19.4. The van der Waals surface area contributed by atoms with Crippen molar-refractivity contribution in [3.05, 3.63) is 22.2 Å². The van der Waals surface area contributed by atoms with E-state index in [4.69, 9.17) is 5.73 Å². The fourth-order valence-electron chi connectivity index (χ4n) is 2.72. The van der Waals surface area contributed by atoms with Crippen LogP contribution in [0, 0.1) is 16.0 Å². The van der Waals surface area contributed by atoms with Crippen molar-refractivity contribution in [2.24, 2.45) is 11.7 Å². The highest BCUT2D eigenvalue weighted by Crippen LogP contribution is 2.33. The standard InChI is InChI=1S/C12H15N5O3/c13-6-8-2-1-5-16(7-8)9-3-4-10(17(18)19)12-11(9)14-20-15-12/h3-4,8H,1-2,5-7,13H2. The van der Waals surface area contributed by atoms with Crippen LogP contribution in [-0.2, 0) is 0 Å². The number of aromatic nitrogens is 2. The quantitative estimate of drug-likeness (QED) is 0.664. The number of anilines is 1. The fraction of sp³-hybridized carbons (Fsp3) is 0.500. The third-order valence-electron chi connectivity index (χ3n) is 3.76. The van der Waals surface area contributed by atoms with Crippen molar-refractivity contribution in [1.29, 1.82) is 0 Å². The number of nitrogens with zero attached hydrogens (tertiary/aromatic N) is 4. The number of hydrogen-bond acceptors (Lipinski definition) is 7. The molecule has 1 aliphatic heterocycles. The molecule has 2 aromatic rings. The van der Waals surface area contributed by atoms with Crippen molar-refractivity contribution in [2.45, 2.75) is 12.8 Å². The lowest BCUT2D eigenvalue weighted by molar-refractivity contribution is -0.383. The Kier molecular flexibility index (Phi) is 3.23. The van der Waals surface area contributed by atoms with Gasteiger partial charge in [0.2, 0.25) is 5.52 Å². The summed E-state index contributed by atoms with van der Waals surface area (Å²) in [5, 5.41) is 18.4. The SMILES string of the molecule is NCC1CCCN(c2ccc([N+](=O)[O-])c3nonc23)C1. The van der Waals surface area contributed by atoms with Crippen LogP contribution in [0.25, 0.3) is 11.0 Å². The van der Waals surface area contributed by atoms with Crippen molar-refractivity contribution in [1.82, 2.24) is 10.3 Å². The summed E-state index contributed by atoms with van der Waals surface area (Å²) < 4.78 is 4.68. The molecule has 1 aliphatic rings. The van der Waals surface area contributed by atoms with Gasteiger partial charge in [-0.15, -0.1) is 0 Å². The second-order valence-electron chi connectivity index (χ2n) is 5.01. The number of hydrogen-bond donors (Lipinski definition) is 1. The minimum absolute atomic E-state index is 0.0858. The predicted octanol–water partition coefficient (Wildman–Crippen LogP) is 1.31. The van der Waals surface area contributed by atoms with Crippen LogP contribution in [0.15, 0.2) is 16.8 Å². The average Bonchev–Trinajstić information content (AvgIpc) is 2.95. The van der Waals surface area contributed by atoms with E-state index in [0.29, 0.717) is 18.0 Å². The zero-order valence-electron chi connectivity index (χ0n) is 10.9. The first-order valence-corrected chi connectivity index (χ1v) is 6.55. The maximum absolute atomic E-state index is 11.0. The predicted molar refractivity (Wildman–Crippen MR) is 72.4 cm³/mol. The molecule has 0 aliphatic carbocycles. The van der Waals surface area contributed by atoms with Gasteiger partial charge < -0.3 is 10.6 Å². The van der Waals surface area contributed by atoms with Crippen LogP contribution in [0.4, 0.5) is 11.4 Å². The summed E-state index contributed by atoms with van der Waals surface area (Å²) in [5.74, 6) is 0.439. The molecule has 20 heavy (non-hydrogen) atoms. The zero-order chi connectivity index (χ0) is 14.1. The monoisotopic (exact) mass is 277 g/mol. The van der Waals surface area contributed by atoms with Gasteiger partial charge in [-0.05, 0) is 41.7 Å². The number of benzene rings is 1. The van der Waals surface area contributed by atoms with Gasteiger partial charge in [-0.2, -0.15) is 0 Å². The molecule has 0 radical (unpaired) electrons. The van der Waals surface area contributed by atoms with Gasteiger partial charge in [-0.3, -0.25) is 10.1 Å². The lowest BCUT2D eigenvalue weighted by atomic mass is 9.97. The van der Waals surface area contributed by atoms with E-state index in [0.717, 1.165) is 31.6 Å². The first-order valence-electron chi connectivity index (χ1n) is 6.55. The Balaban J connectivity index is 2.02. The number of nitro groups is 1. The maximum Gasteiger partial charge on any atom is 0.300 e. The Hall–Kier alpha value is -2.22. The molecule has 106 valence electrons. The highest BCUT2D eigenvalue weighted by molar-refractivity contribution is 5.93. The minimum atomic E-state index is -0.477. The second-order valence-corrected chi connectivity index (χ2v) is 5.01. The lowest BCUT2D eigenvalue weighted by Gasteiger charge is -2.33. The van der Waals surface area contributed by atoms with Gasteiger partial charge in [0.25, 0.3) is 0 Å². The van der Waals surface area contributed by atoms with Crippen LogP contribution >= 0.6 is 0 Å². The van der Waals surface area contributed by atoms with Gasteiger partial charge in [0.05, 0.1) is 10.6 Å². The fourth-order valence-corrected chi connectivity index (χ4v) is 2.72. The molecule has 1 aromatic heterocycles. The van der Waals surface area contributed by atoms with E-state index in [-0.39, 0.29) is 11.2 Å². The highest BCUT2D eigenvalue weighted by atomic mass is 16.6. The molecule has 8 heteroatoms. The van der Waals surface area contributed by atoms with E-state index in [1.54, 1.807) is 6.07 Å². The van der Waals surface area contributed by atoms with Crippen LogP contribution in [0.3, 0.4) is 0 Å². The Morgan fingerprint density at radius 2 is 2.25 bits per heavy atom. The van der Waals surface area contributed by atoms with E-state index in [1.807, 2.05) is 0 Å². The van der Waals surface area contributed by atoms with Crippen LogP contribution < -0.4 is 10.6 Å². The summed E-state index contributed by atoms with van der Waals surface area (Å²) in [6.07, 6.45) is 2.16. The summed E-state index contributed by atoms with van der Waals surface area (Å²) in [6, 6.07) is 3.16. The maximum atomic E-state index is 11.0. The molecule has 1 atom stereocenters. The third-order valence-corrected chi connectivity index (χ3v) is 3.76. The van der Waals surface area contributed by atoms with E-state index in [2.05, 4.69) is 19.8 Å². The number of nitro benzene ring substituents is 1. The van der Waals surface area contributed by atoms with Gasteiger partial charge >= 0.3 is 5.69 Å². The molecule has 0 saturated carbocycles. The first kappa shape index (κ1) is 12.8. The molecule has 8 nitrogen and oxygen atoms in total. The zero-order valence-corrected chi connectivity index (χ0v) is 10.9. The molecule has 2 N–H and O–H groups in total. The molecule has 1 aromatic carbocycles. The molecule has 2 heterocycles. The van der Waals surface area contributed by atoms with Crippen molar-refractivity contribution in [2.75, 3.05) is 24.5 Å². The summed E-state index contributed by atoms with van der Waals surface area (Å²) >= 11 is 0. The molecule has 0 bridgehead atoms. The largest absolute Gasteiger partial charge is 0.369 e. The van der Waals surface area contributed by atoms with Gasteiger partial charge in [0.1, 0.15) is 0 Å². The second kappa shape index (κ2) is 5.04. The van der Waals surface area contributed by atoms with E-state index >= 15 is 0 Å². The molecule has 1 unspecified atom stereocenters. The third kappa shape index (κ3) is 2.07. The van der Waals surface area contributed by atoms with Gasteiger partial charge in [0, 0.05) is 19.2 Å². The Morgan fingerprint density at radius 3 is 3.00 bits per heavy atom. The molecule has 1 fully saturated rings. The Bertz CT molecular complexity index is 641. The van der Waals surface area contributed by atoms with Crippen molar-refractivity contribution in [3.63, 3.8) is 0 Å². The summed E-state index contributed by atoms with van der Waals surface area (Å²) in [4.78, 5) is 12.6. The molecular formula is C12H15N5O3. The molecule has 1 saturated heterocycles. The van der Waals surface area contributed by atoms with Crippen LogP contribution in [0.1, 0.15) is 12.8 Å². The summed E-state index contributed by atoms with van der Waals surface area (Å²) in [5.41, 5.74) is 7.11. The van der Waals surface area contributed by atoms with E-state index in [1.165, 1.54) is 6.07 Å². The van der Waals surface area contributed by atoms with Gasteiger partial charge in [0.15, 0.2) is 5.52 Å². The summed E-state index contributed by atoms with van der Waals surface area (Å²) in [6.45, 7) is 2.36. The molecule has 3 rings (SSSR count). The molecule has 0 amide bonds. The Labute approximate surface area is 114 Å². The number of nitrogens with two attached hydrogens (primary N) is 1. The Morgan fingerprint density at radius 1 is 1.45 bits per heavy atom. The van der Waals surface area contributed by atoms with E-state index in [9.17, 15) is 10.1 Å². The topological polar surface area (TPSA) is 111 Å². The lowest BCUT2D eigenvalue weighted by Crippen LogP contribution is -2.38.